The molecule has 0 radical (unpaired) electrons. The van der Waals surface area contributed by atoms with E-state index >= 15 is 0 Å². The standard InChI is InChI=1S/C13H24N2O4S/c1-9(16)14-12(13(17)18)8-20-11-5-10(19-4)6-15(2,3)7-11/h10-12H,5-8H2,1-4H3,(H-,14,16,17,18)/p+1/t10-,11+,12-/m0/s1. The van der Waals surface area contributed by atoms with Crippen molar-refractivity contribution >= 4 is 23.6 Å². The number of aliphatic carboxylic acids is 1. The number of carboxylic acid groups (broad SMARTS) is 1. The van der Waals surface area contributed by atoms with Crippen molar-refractivity contribution < 1.29 is 23.9 Å². The van der Waals surface area contributed by atoms with E-state index in [1.165, 1.54) is 6.92 Å². The van der Waals surface area contributed by atoms with Gasteiger partial charge in [-0.2, -0.15) is 0 Å². The zero-order valence-corrected chi connectivity index (χ0v) is 13.4. The second-order valence-electron chi connectivity index (χ2n) is 5.94. The van der Waals surface area contributed by atoms with Crippen LogP contribution in [0.5, 0.6) is 0 Å². The molecule has 0 spiro atoms. The fraction of sp³-hybridized carbons (Fsp3) is 0.846. The molecule has 0 unspecified atom stereocenters. The molecule has 0 aromatic heterocycles. The van der Waals surface area contributed by atoms with Crippen LogP contribution in [0.25, 0.3) is 0 Å². The smallest absolute Gasteiger partial charge is 0.327 e. The molecule has 0 bridgehead atoms. The maximum absolute atomic E-state index is 11.1. The Balaban J connectivity index is 2.53. The normalized spacial score (nSPS) is 26.8. The van der Waals surface area contributed by atoms with Crippen molar-refractivity contribution in [2.24, 2.45) is 0 Å². The van der Waals surface area contributed by atoms with Crippen LogP contribution >= 0.6 is 11.8 Å². The molecular weight excluding hydrogens is 280 g/mol. The van der Waals surface area contributed by atoms with Gasteiger partial charge in [-0.3, -0.25) is 4.79 Å². The summed E-state index contributed by atoms with van der Waals surface area (Å²) in [6, 6.07) is -0.823. The number of carbonyl (C=O) groups excluding carboxylic acids is 1. The summed E-state index contributed by atoms with van der Waals surface area (Å²) in [4.78, 5) is 22.1. The molecular formula is C13H25N2O4S+. The molecule has 0 aromatic carbocycles. The second-order valence-corrected chi connectivity index (χ2v) is 7.27. The van der Waals surface area contributed by atoms with Gasteiger partial charge >= 0.3 is 5.97 Å². The highest BCUT2D eigenvalue weighted by atomic mass is 32.2. The van der Waals surface area contributed by atoms with Crippen molar-refractivity contribution in [2.75, 3.05) is 40.0 Å². The third kappa shape index (κ3) is 5.68. The molecule has 1 amide bonds. The van der Waals surface area contributed by atoms with E-state index in [-0.39, 0.29) is 12.0 Å². The zero-order valence-electron chi connectivity index (χ0n) is 12.6. The van der Waals surface area contributed by atoms with Crippen LogP contribution in [0.1, 0.15) is 13.3 Å². The van der Waals surface area contributed by atoms with Gasteiger partial charge in [0.2, 0.25) is 5.91 Å². The minimum atomic E-state index is -0.986. The second kappa shape index (κ2) is 7.28. The molecule has 1 heterocycles. The first-order valence-corrected chi connectivity index (χ1v) is 7.74. The molecule has 7 heteroatoms. The summed E-state index contributed by atoms with van der Waals surface area (Å²) in [5.41, 5.74) is 0. The molecule has 1 aliphatic rings. The van der Waals surface area contributed by atoms with Crippen LogP contribution in [0.15, 0.2) is 0 Å². The molecule has 1 fully saturated rings. The number of quaternary nitrogens is 1. The number of carbonyl (C=O) groups is 2. The van der Waals surface area contributed by atoms with Crippen molar-refractivity contribution in [1.82, 2.24) is 5.32 Å². The average Bonchev–Trinajstić information content (AvgIpc) is 2.31. The zero-order chi connectivity index (χ0) is 15.3. The summed E-state index contributed by atoms with van der Waals surface area (Å²) < 4.78 is 6.33. The number of thioether (sulfide) groups is 1. The molecule has 116 valence electrons. The summed E-state index contributed by atoms with van der Waals surface area (Å²) >= 11 is 1.61. The van der Waals surface area contributed by atoms with Crippen LogP contribution in [-0.4, -0.2) is 78.9 Å². The van der Waals surface area contributed by atoms with E-state index in [4.69, 9.17) is 9.84 Å². The van der Waals surface area contributed by atoms with Gasteiger partial charge in [0.25, 0.3) is 0 Å². The van der Waals surface area contributed by atoms with Crippen LogP contribution in [0.4, 0.5) is 0 Å². The molecule has 1 rings (SSSR count). The fourth-order valence-corrected chi connectivity index (χ4v) is 4.11. The number of hydrogen-bond donors (Lipinski definition) is 2. The molecule has 6 nitrogen and oxygen atoms in total. The van der Waals surface area contributed by atoms with Gasteiger partial charge < -0.3 is 19.6 Å². The molecule has 20 heavy (non-hydrogen) atoms. The van der Waals surface area contributed by atoms with E-state index in [0.29, 0.717) is 11.0 Å². The first-order valence-electron chi connectivity index (χ1n) is 6.70. The number of nitrogens with zero attached hydrogens (tertiary/aromatic N) is 1. The highest BCUT2D eigenvalue weighted by Crippen LogP contribution is 2.27. The first kappa shape index (κ1) is 17.3. The quantitative estimate of drug-likeness (QED) is 0.684. The monoisotopic (exact) mass is 305 g/mol. The van der Waals surface area contributed by atoms with Crippen LogP contribution in [0, 0.1) is 0 Å². The SMILES string of the molecule is CO[C@H]1C[C@@H](SC[C@H](NC(C)=O)C(=O)O)C[N+](C)(C)C1. The highest BCUT2D eigenvalue weighted by molar-refractivity contribution is 8.00. The number of nitrogens with one attached hydrogen (secondary N) is 1. The summed E-state index contributed by atoms with van der Waals surface area (Å²) in [6.45, 7) is 3.29. The molecule has 0 saturated carbocycles. The Morgan fingerprint density at radius 3 is 2.60 bits per heavy atom. The van der Waals surface area contributed by atoms with E-state index < -0.39 is 12.0 Å². The van der Waals surface area contributed by atoms with Crippen LogP contribution in [0.2, 0.25) is 0 Å². The third-order valence-electron chi connectivity index (χ3n) is 3.43. The number of amides is 1. The fourth-order valence-electron chi connectivity index (χ4n) is 2.56. The van der Waals surface area contributed by atoms with E-state index in [1.54, 1.807) is 18.9 Å². The molecule has 1 aliphatic heterocycles. The Morgan fingerprint density at radius 2 is 2.10 bits per heavy atom. The van der Waals surface area contributed by atoms with Gasteiger partial charge in [-0.15, -0.1) is 11.8 Å². The Hall–Kier alpha value is -0.790. The highest BCUT2D eigenvalue weighted by Gasteiger charge is 2.35. The van der Waals surface area contributed by atoms with E-state index in [2.05, 4.69) is 19.4 Å². The number of likely N-dealkylation sites (N-methyl/N-ethyl adjacent to an activating group) is 1. The van der Waals surface area contributed by atoms with E-state index in [0.717, 1.165) is 24.0 Å². The maximum Gasteiger partial charge on any atom is 0.327 e. The Labute approximate surface area is 124 Å². The van der Waals surface area contributed by atoms with Crippen LogP contribution in [0.3, 0.4) is 0 Å². The van der Waals surface area contributed by atoms with Crippen LogP contribution < -0.4 is 5.32 Å². The number of ether oxygens (including phenoxy) is 1. The number of likely N-dealkylation sites (tertiary alicyclic amines) is 1. The maximum atomic E-state index is 11.1. The molecule has 1 saturated heterocycles. The lowest BCUT2D eigenvalue weighted by Crippen LogP contribution is -2.55. The number of piperidine rings is 1. The number of methoxy groups -OCH3 is 1. The molecule has 0 aromatic rings. The minimum absolute atomic E-state index is 0.209. The summed E-state index contributed by atoms with van der Waals surface area (Å²) in [5, 5.41) is 11.9. The Bertz CT molecular complexity index is 362. The molecule has 0 aliphatic carbocycles. The average molecular weight is 305 g/mol. The number of hydrogen-bond acceptors (Lipinski definition) is 4. The van der Waals surface area contributed by atoms with E-state index in [1.807, 2.05) is 0 Å². The first-order chi connectivity index (χ1) is 9.23. The predicted molar refractivity (Wildman–Crippen MR) is 78.7 cm³/mol. The lowest BCUT2D eigenvalue weighted by Gasteiger charge is -2.41. The van der Waals surface area contributed by atoms with Gasteiger partial charge in [-0.1, -0.05) is 0 Å². The molecule has 3 atom stereocenters. The predicted octanol–water partition coefficient (Wildman–Crippen LogP) is 0.173. The largest absolute Gasteiger partial charge is 0.480 e. The summed E-state index contributed by atoms with van der Waals surface area (Å²) in [7, 11) is 6.03. The van der Waals surface area contributed by atoms with Crippen molar-refractivity contribution in [1.29, 1.82) is 0 Å². The Kier molecular flexibility index (Phi) is 6.29. The summed E-state index contributed by atoms with van der Waals surface area (Å²) in [5.74, 6) is -0.913. The van der Waals surface area contributed by atoms with Crippen LogP contribution in [-0.2, 0) is 14.3 Å². The lowest BCUT2D eigenvalue weighted by atomic mass is 10.1. The van der Waals surface area contributed by atoms with Crippen molar-refractivity contribution in [3.05, 3.63) is 0 Å². The summed E-state index contributed by atoms with van der Waals surface area (Å²) in [6.07, 6.45) is 1.13. The van der Waals surface area contributed by atoms with E-state index in [9.17, 15) is 9.59 Å². The van der Waals surface area contributed by atoms with Gasteiger partial charge in [-0.05, 0) is 6.42 Å². The van der Waals surface area contributed by atoms with Crippen molar-refractivity contribution in [3.8, 4) is 0 Å². The van der Waals surface area contributed by atoms with Gasteiger partial charge in [0.1, 0.15) is 18.7 Å². The Morgan fingerprint density at radius 1 is 1.45 bits per heavy atom. The van der Waals surface area contributed by atoms with Gasteiger partial charge in [0, 0.05) is 19.8 Å². The topological polar surface area (TPSA) is 75.6 Å². The third-order valence-corrected chi connectivity index (χ3v) is 4.77. The number of carboxylic acids is 1. The number of rotatable bonds is 6. The van der Waals surface area contributed by atoms with Gasteiger partial charge in [0.15, 0.2) is 0 Å². The van der Waals surface area contributed by atoms with Gasteiger partial charge in [-0.25, -0.2) is 4.79 Å². The molecule has 2 N–H and O–H groups in total. The van der Waals surface area contributed by atoms with Crippen molar-refractivity contribution in [3.63, 3.8) is 0 Å². The van der Waals surface area contributed by atoms with Gasteiger partial charge in [0.05, 0.1) is 25.9 Å². The lowest BCUT2D eigenvalue weighted by molar-refractivity contribution is -0.897. The minimum Gasteiger partial charge on any atom is -0.480 e. The van der Waals surface area contributed by atoms with Crippen molar-refractivity contribution in [2.45, 2.75) is 30.7 Å².